The highest BCUT2D eigenvalue weighted by Gasteiger charge is 2.21. The van der Waals surface area contributed by atoms with Crippen molar-refractivity contribution in [2.24, 2.45) is 0 Å². The van der Waals surface area contributed by atoms with E-state index < -0.39 is 0 Å². The molecular formula is C46H30N2. The molecule has 0 saturated carbocycles. The molecule has 2 aromatic heterocycles. The molecule has 0 aliphatic rings. The Balaban J connectivity index is 1.27. The summed E-state index contributed by atoms with van der Waals surface area (Å²) in [5.41, 5.74) is 12.1. The second-order valence-electron chi connectivity index (χ2n) is 12.6. The molecule has 10 aromatic rings. The number of aromatic nitrogens is 2. The Kier molecular flexibility index (Phi) is 5.91. The Morgan fingerprint density at radius 1 is 0.292 bits per heavy atom. The van der Waals surface area contributed by atoms with Crippen LogP contribution in [0, 0.1) is 0 Å². The highest BCUT2D eigenvalue weighted by molar-refractivity contribution is 6.22. The van der Waals surface area contributed by atoms with E-state index >= 15 is 0 Å². The third kappa shape index (κ3) is 4.00. The largest absolute Gasteiger partial charge is 0.309 e. The predicted octanol–water partition coefficient (Wildman–Crippen LogP) is 12.4. The van der Waals surface area contributed by atoms with Crippen LogP contribution < -0.4 is 0 Å². The molecule has 0 saturated heterocycles. The summed E-state index contributed by atoms with van der Waals surface area (Å²) in [6, 6.07) is 66.2. The summed E-state index contributed by atoms with van der Waals surface area (Å²) >= 11 is 0. The van der Waals surface area contributed by atoms with Gasteiger partial charge in [0.1, 0.15) is 0 Å². The molecule has 224 valence electrons. The Labute approximate surface area is 278 Å². The van der Waals surface area contributed by atoms with Crippen LogP contribution in [0.4, 0.5) is 0 Å². The fraction of sp³-hybridized carbons (Fsp3) is 0. The van der Waals surface area contributed by atoms with Crippen molar-refractivity contribution in [3.63, 3.8) is 0 Å². The Hall–Kier alpha value is -6.38. The molecule has 0 atom stereocenters. The molecule has 2 heteroatoms. The Morgan fingerprint density at radius 2 is 0.812 bits per heavy atom. The maximum atomic E-state index is 2.45. The number of para-hydroxylation sites is 3. The Bertz CT molecular complexity index is 2800. The molecule has 0 aliphatic carbocycles. The molecule has 0 radical (unpaired) electrons. The molecule has 0 spiro atoms. The fourth-order valence-electron chi connectivity index (χ4n) is 7.77. The summed E-state index contributed by atoms with van der Waals surface area (Å²) in [5.74, 6) is 0. The van der Waals surface area contributed by atoms with Crippen LogP contribution in [-0.4, -0.2) is 9.13 Å². The predicted molar refractivity (Wildman–Crippen MR) is 203 cm³/mol. The molecule has 2 nitrogen and oxygen atoms in total. The van der Waals surface area contributed by atoms with E-state index in [0.29, 0.717) is 0 Å². The van der Waals surface area contributed by atoms with Crippen LogP contribution in [0.15, 0.2) is 182 Å². The van der Waals surface area contributed by atoms with E-state index in [1.54, 1.807) is 0 Å². The summed E-state index contributed by atoms with van der Waals surface area (Å²) < 4.78 is 4.86. The third-order valence-corrected chi connectivity index (χ3v) is 9.89. The van der Waals surface area contributed by atoms with Crippen molar-refractivity contribution in [2.45, 2.75) is 0 Å². The minimum absolute atomic E-state index is 1.16. The first-order valence-corrected chi connectivity index (χ1v) is 16.5. The molecule has 0 amide bonds. The molecule has 8 aromatic carbocycles. The van der Waals surface area contributed by atoms with Crippen LogP contribution in [0.25, 0.3) is 88.0 Å². The summed E-state index contributed by atoms with van der Waals surface area (Å²) in [5, 5.41) is 7.53. The molecule has 0 aliphatic heterocycles. The lowest BCUT2D eigenvalue weighted by atomic mass is 9.94. The lowest BCUT2D eigenvalue weighted by molar-refractivity contribution is 1.18. The van der Waals surface area contributed by atoms with Gasteiger partial charge < -0.3 is 9.13 Å². The van der Waals surface area contributed by atoms with Crippen LogP contribution in [0.5, 0.6) is 0 Å². The number of hydrogen-bond donors (Lipinski definition) is 0. The maximum Gasteiger partial charge on any atom is 0.0625 e. The first-order valence-electron chi connectivity index (χ1n) is 16.5. The average molecular weight is 611 g/mol. The van der Waals surface area contributed by atoms with Gasteiger partial charge in [-0.05, 0) is 82.1 Å². The number of benzene rings is 8. The van der Waals surface area contributed by atoms with Gasteiger partial charge >= 0.3 is 0 Å². The number of rotatable bonds is 4. The lowest BCUT2D eigenvalue weighted by Crippen LogP contribution is -1.96. The topological polar surface area (TPSA) is 9.86 Å². The third-order valence-electron chi connectivity index (χ3n) is 9.89. The molecular weight excluding hydrogens is 581 g/mol. The van der Waals surface area contributed by atoms with Crippen LogP contribution in [0.2, 0.25) is 0 Å². The van der Waals surface area contributed by atoms with Gasteiger partial charge in [0.05, 0.1) is 22.1 Å². The highest BCUT2D eigenvalue weighted by atomic mass is 15.0. The molecule has 0 unspecified atom stereocenters. The Morgan fingerprint density at radius 3 is 1.56 bits per heavy atom. The van der Waals surface area contributed by atoms with E-state index in [9.17, 15) is 0 Å². The van der Waals surface area contributed by atoms with Gasteiger partial charge in [0.15, 0.2) is 0 Å². The molecule has 0 bridgehead atoms. The van der Waals surface area contributed by atoms with Gasteiger partial charge in [-0.25, -0.2) is 0 Å². The van der Waals surface area contributed by atoms with Gasteiger partial charge in [-0.15, -0.1) is 0 Å². The minimum Gasteiger partial charge on any atom is -0.309 e. The maximum absolute atomic E-state index is 2.45. The van der Waals surface area contributed by atoms with E-state index in [0.717, 1.165) is 11.4 Å². The summed E-state index contributed by atoms with van der Waals surface area (Å²) in [6.07, 6.45) is 0. The summed E-state index contributed by atoms with van der Waals surface area (Å²) in [6.45, 7) is 0. The van der Waals surface area contributed by atoms with Gasteiger partial charge in [0, 0.05) is 38.5 Å². The van der Waals surface area contributed by atoms with E-state index in [1.807, 2.05) is 0 Å². The van der Waals surface area contributed by atoms with Crippen LogP contribution >= 0.6 is 0 Å². The quantitative estimate of drug-likeness (QED) is 0.188. The first kappa shape index (κ1) is 26.8. The van der Waals surface area contributed by atoms with Gasteiger partial charge in [-0.3, -0.25) is 0 Å². The molecule has 48 heavy (non-hydrogen) atoms. The van der Waals surface area contributed by atoms with Crippen molar-refractivity contribution < 1.29 is 0 Å². The number of hydrogen-bond acceptors (Lipinski definition) is 0. The van der Waals surface area contributed by atoms with Gasteiger partial charge in [0.2, 0.25) is 0 Å². The molecule has 0 N–H and O–H groups in total. The van der Waals surface area contributed by atoms with E-state index in [4.69, 9.17) is 0 Å². The number of fused-ring (bicyclic) bond motifs is 7. The van der Waals surface area contributed by atoms with Crippen molar-refractivity contribution >= 4 is 54.4 Å². The van der Waals surface area contributed by atoms with E-state index in [-0.39, 0.29) is 0 Å². The van der Waals surface area contributed by atoms with Crippen LogP contribution in [0.3, 0.4) is 0 Å². The standard InChI is InChI=1S/C46H30N2/c1-3-13-31(14-4-1)32-23-26-36(27-24-32)47-42-21-11-9-19-38(42)40-30-34(25-28-44(40)47)45-37-18-8-7-15-33(37)29-41-39-20-10-12-22-43(39)48(46(41)45)35-16-5-2-6-17-35/h1-30H. The smallest absolute Gasteiger partial charge is 0.0625 e. The van der Waals surface area contributed by atoms with Crippen molar-refractivity contribution in [1.29, 1.82) is 0 Å². The molecule has 0 fully saturated rings. The fourth-order valence-corrected chi connectivity index (χ4v) is 7.77. The monoisotopic (exact) mass is 610 g/mol. The normalized spacial score (nSPS) is 11.8. The van der Waals surface area contributed by atoms with Crippen LogP contribution in [0.1, 0.15) is 0 Å². The highest BCUT2D eigenvalue weighted by Crippen LogP contribution is 2.44. The van der Waals surface area contributed by atoms with E-state index in [2.05, 4.69) is 191 Å². The van der Waals surface area contributed by atoms with E-state index in [1.165, 1.54) is 76.6 Å². The zero-order valence-corrected chi connectivity index (χ0v) is 26.2. The van der Waals surface area contributed by atoms with Gasteiger partial charge in [0.25, 0.3) is 0 Å². The second kappa shape index (κ2) is 10.6. The summed E-state index contributed by atoms with van der Waals surface area (Å²) in [7, 11) is 0. The zero-order chi connectivity index (χ0) is 31.6. The van der Waals surface area contributed by atoms with Crippen LogP contribution in [-0.2, 0) is 0 Å². The van der Waals surface area contributed by atoms with Crippen molar-refractivity contribution in [2.75, 3.05) is 0 Å². The summed E-state index contributed by atoms with van der Waals surface area (Å²) in [4.78, 5) is 0. The number of nitrogens with zero attached hydrogens (tertiary/aromatic N) is 2. The molecule has 2 heterocycles. The molecule has 10 rings (SSSR count). The minimum atomic E-state index is 1.16. The second-order valence-corrected chi connectivity index (χ2v) is 12.6. The SMILES string of the molecule is c1ccc(-c2ccc(-n3c4ccccc4c4cc(-c5c6ccccc6cc6c7ccccc7n(-c7ccccc7)c56)ccc43)cc2)cc1. The zero-order valence-electron chi connectivity index (χ0n) is 26.2. The average Bonchev–Trinajstić information content (AvgIpc) is 3.67. The first-order chi connectivity index (χ1) is 23.8. The van der Waals surface area contributed by atoms with Crippen molar-refractivity contribution in [3.8, 4) is 33.6 Å². The van der Waals surface area contributed by atoms with Gasteiger partial charge in [-0.2, -0.15) is 0 Å². The lowest BCUT2D eigenvalue weighted by Gasteiger charge is -2.15. The van der Waals surface area contributed by atoms with Crippen molar-refractivity contribution in [3.05, 3.63) is 182 Å². The van der Waals surface area contributed by atoms with Gasteiger partial charge in [-0.1, -0.05) is 127 Å². The van der Waals surface area contributed by atoms with Crippen molar-refractivity contribution in [1.82, 2.24) is 9.13 Å².